The van der Waals surface area contributed by atoms with Crippen molar-refractivity contribution in [3.63, 3.8) is 0 Å². The molecule has 0 fully saturated rings. The Balaban J connectivity index is 1.68. The van der Waals surface area contributed by atoms with Gasteiger partial charge in [-0.25, -0.2) is 15.4 Å². The van der Waals surface area contributed by atoms with Crippen molar-refractivity contribution in [3.8, 4) is 28.5 Å². The molecule has 4 rings (SSSR count). The van der Waals surface area contributed by atoms with Crippen LogP contribution in [-0.4, -0.2) is 37.5 Å². The van der Waals surface area contributed by atoms with E-state index in [0.29, 0.717) is 28.2 Å². The van der Waals surface area contributed by atoms with E-state index in [1.165, 1.54) is 0 Å². The van der Waals surface area contributed by atoms with Gasteiger partial charge in [0.15, 0.2) is 11.5 Å². The molecule has 0 saturated heterocycles. The molecule has 32 heavy (non-hydrogen) atoms. The molecular weight excluding hydrogens is 428 g/mol. The Labute approximate surface area is 190 Å². The highest BCUT2D eigenvalue weighted by Gasteiger charge is 2.13. The summed E-state index contributed by atoms with van der Waals surface area (Å²) in [5.74, 6) is 1.96. The molecule has 0 atom stereocenters. The first-order chi connectivity index (χ1) is 15.6. The summed E-state index contributed by atoms with van der Waals surface area (Å²) in [6, 6.07) is 19.0. The number of fused-ring (bicyclic) bond motifs is 1. The molecule has 0 aliphatic carbocycles. The van der Waals surface area contributed by atoms with E-state index in [1.54, 1.807) is 45.7 Å². The molecule has 8 heteroatoms. The van der Waals surface area contributed by atoms with Crippen molar-refractivity contribution in [2.75, 3.05) is 26.8 Å². The summed E-state index contributed by atoms with van der Waals surface area (Å²) in [7, 11) is 4.69. The van der Waals surface area contributed by atoms with E-state index in [0.717, 1.165) is 27.7 Å². The zero-order chi connectivity index (χ0) is 22.5. The van der Waals surface area contributed by atoms with Gasteiger partial charge in [0.1, 0.15) is 0 Å². The van der Waals surface area contributed by atoms with Crippen molar-refractivity contribution in [1.82, 2.24) is 9.97 Å². The molecule has 7 nitrogen and oxygen atoms in total. The lowest BCUT2D eigenvalue weighted by molar-refractivity contribution is 0.324. The second-order valence-corrected chi connectivity index (χ2v) is 7.19. The topological polar surface area (TPSA) is 77.9 Å². The molecule has 0 aliphatic heterocycles. The number of benzene rings is 3. The van der Waals surface area contributed by atoms with Crippen molar-refractivity contribution in [3.05, 3.63) is 71.2 Å². The molecule has 0 radical (unpaired) electrons. The number of halogens is 1. The number of hydrazone groups is 1. The van der Waals surface area contributed by atoms with Gasteiger partial charge in [0.2, 0.25) is 11.7 Å². The molecule has 162 valence electrons. The second-order valence-electron chi connectivity index (χ2n) is 6.75. The largest absolute Gasteiger partial charge is 0.493 e. The van der Waals surface area contributed by atoms with Crippen LogP contribution in [0.1, 0.15) is 5.56 Å². The fraction of sp³-hybridized carbons (Fsp3) is 0.125. The van der Waals surface area contributed by atoms with Crippen molar-refractivity contribution in [2.45, 2.75) is 0 Å². The van der Waals surface area contributed by atoms with Crippen LogP contribution in [0.25, 0.3) is 22.2 Å². The fourth-order valence-electron chi connectivity index (χ4n) is 3.31. The number of aromatic nitrogens is 2. The van der Waals surface area contributed by atoms with Gasteiger partial charge in [0, 0.05) is 21.5 Å². The molecule has 0 bridgehead atoms. The fourth-order valence-corrected chi connectivity index (χ4v) is 3.48. The highest BCUT2D eigenvalue weighted by molar-refractivity contribution is 6.31. The summed E-state index contributed by atoms with van der Waals surface area (Å²) in [4.78, 5) is 9.24. The lowest BCUT2D eigenvalue weighted by Gasteiger charge is -2.12. The van der Waals surface area contributed by atoms with Crippen LogP contribution in [0, 0.1) is 0 Å². The molecule has 1 aromatic heterocycles. The molecular formula is C24H21ClN4O3. The van der Waals surface area contributed by atoms with Crippen LogP contribution in [0.4, 0.5) is 5.95 Å². The van der Waals surface area contributed by atoms with Gasteiger partial charge < -0.3 is 14.2 Å². The van der Waals surface area contributed by atoms with Crippen LogP contribution < -0.4 is 19.6 Å². The van der Waals surface area contributed by atoms with Crippen molar-refractivity contribution < 1.29 is 14.2 Å². The standard InChI is InChI=1S/C24H21ClN4O3/c1-30-20-11-15(12-21(31-2)23(20)32-3)14-26-29-24-27-19-10-9-17(25)13-18(19)22(28-24)16-7-5-4-6-8-16/h4-14H,1-3H3,(H,27,28,29). The molecule has 4 aromatic rings. The van der Waals surface area contributed by atoms with Gasteiger partial charge in [-0.3, -0.25) is 0 Å². The van der Waals surface area contributed by atoms with Gasteiger partial charge in [-0.05, 0) is 30.3 Å². The number of hydrogen-bond acceptors (Lipinski definition) is 7. The predicted molar refractivity (Wildman–Crippen MR) is 127 cm³/mol. The summed E-state index contributed by atoms with van der Waals surface area (Å²) in [5.41, 5.74) is 6.15. The number of rotatable bonds is 7. The van der Waals surface area contributed by atoms with E-state index in [9.17, 15) is 0 Å². The van der Waals surface area contributed by atoms with Crippen LogP contribution in [0.2, 0.25) is 5.02 Å². The van der Waals surface area contributed by atoms with Gasteiger partial charge in [0.05, 0.1) is 38.8 Å². The van der Waals surface area contributed by atoms with Crippen LogP contribution in [0.5, 0.6) is 17.2 Å². The van der Waals surface area contributed by atoms with Gasteiger partial charge in [-0.1, -0.05) is 41.9 Å². The van der Waals surface area contributed by atoms with Crippen LogP contribution in [0.15, 0.2) is 65.8 Å². The number of anilines is 1. The highest BCUT2D eigenvalue weighted by Crippen LogP contribution is 2.37. The molecule has 0 spiro atoms. The Bertz CT molecular complexity index is 1250. The average Bonchev–Trinajstić information content (AvgIpc) is 2.83. The minimum absolute atomic E-state index is 0.363. The second kappa shape index (κ2) is 9.53. The minimum atomic E-state index is 0.363. The maximum atomic E-state index is 6.22. The summed E-state index contributed by atoms with van der Waals surface area (Å²) < 4.78 is 16.1. The molecule has 1 N–H and O–H groups in total. The molecule has 0 amide bonds. The number of ether oxygens (including phenoxy) is 3. The number of nitrogens with zero attached hydrogens (tertiary/aromatic N) is 3. The Morgan fingerprint density at radius 1 is 0.875 bits per heavy atom. The summed E-state index contributed by atoms with van der Waals surface area (Å²) >= 11 is 6.22. The quantitative estimate of drug-likeness (QED) is 0.300. The lowest BCUT2D eigenvalue weighted by Crippen LogP contribution is -2.00. The van der Waals surface area contributed by atoms with E-state index in [2.05, 4.69) is 20.5 Å². The third-order valence-corrected chi connectivity index (χ3v) is 5.01. The number of nitrogens with one attached hydrogen (secondary N) is 1. The first-order valence-electron chi connectivity index (χ1n) is 9.74. The van der Waals surface area contributed by atoms with Crippen LogP contribution >= 0.6 is 11.6 Å². The third-order valence-electron chi connectivity index (χ3n) is 4.77. The zero-order valence-corrected chi connectivity index (χ0v) is 18.6. The Hall–Kier alpha value is -3.84. The summed E-state index contributed by atoms with van der Waals surface area (Å²) in [5, 5.41) is 5.79. The van der Waals surface area contributed by atoms with Crippen LogP contribution in [0.3, 0.4) is 0 Å². The van der Waals surface area contributed by atoms with E-state index in [-0.39, 0.29) is 0 Å². The van der Waals surface area contributed by atoms with Crippen molar-refractivity contribution in [2.24, 2.45) is 5.10 Å². The van der Waals surface area contributed by atoms with E-state index in [1.807, 2.05) is 42.5 Å². The maximum absolute atomic E-state index is 6.22. The van der Waals surface area contributed by atoms with Gasteiger partial charge in [-0.2, -0.15) is 5.10 Å². The summed E-state index contributed by atoms with van der Waals surface area (Å²) in [6.45, 7) is 0. The first kappa shape index (κ1) is 21.4. The van der Waals surface area contributed by atoms with Crippen molar-refractivity contribution >= 4 is 34.7 Å². The minimum Gasteiger partial charge on any atom is -0.493 e. The molecule has 3 aromatic carbocycles. The average molecular weight is 449 g/mol. The van der Waals surface area contributed by atoms with Crippen molar-refractivity contribution in [1.29, 1.82) is 0 Å². The Morgan fingerprint density at radius 2 is 1.59 bits per heavy atom. The molecule has 0 saturated carbocycles. The van der Waals surface area contributed by atoms with Crippen LogP contribution in [-0.2, 0) is 0 Å². The van der Waals surface area contributed by atoms with E-state index >= 15 is 0 Å². The molecule has 0 unspecified atom stereocenters. The van der Waals surface area contributed by atoms with Gasteiger partial charge >= 0.3 is 0 Å². The first-order valence-corrected chi connectivity index (χ1v) is 10.1. The SMILES string of the molecule is COc1cc(C=NNc2nc(-c3ccccc3)c3cc(Cl)ccc3n2)cc(OC)c1OC. The Morgan fingerprint density at radius 3 is 2.25 bits per heavy atom. The lowest BCUT2D eigenvalue weighted by atomic mass is 10.1. The predicted octanol–water partition coefficient (Wildman–Crippen LogP) is 5.42. The number of hydrogen-bond donors (Lipinski definition) is 1. The summed E-state index contributed by atoms with van der Waals surface area (Å²) in [6.07, 6.45) is 1.63. The monoisotopic (exact) mass is 448 g/mol. The Kier molecular flexibility index (Phi) is 6.37. The van der Waals surface area contributed by atoms with Gasteiger partial charge in [0.25, 0.3) is 0 Å². The normalized spacial score (nSPS) is 11.0. The smallest absolute Gasteiger partial charge is 0.244 e. The highest BCUT2D eigenvalue weighted by atomic mass is 35.5. The zero-order valence-electron chi connectivity index (χ0n) is 17.8. The maximum Gasteiger partial charge on any atom is 0.244 e. The van der Waals surface area contributed by atoms with E-state index < -0.39 is 0 Å². The van der Waals surface area contributed by atoms with Gasteiger partial charge in [-0.15, -0.1) is 0 Å². The molecule has 1 heterocycles. The van der Waals surface area contributed by atoms with E-state index in [4.69, 9.17) is 25.8 Å². The third kappa shape index (κ3) is 4.43. The molecule has 0 aliphatic rings. The number of methoxy groups -OCH3 is 3.